The number of rotatable bonds is 3. The third kappa shape index (κ3) is 3.49. The highest BCUT2D eigenvalue weighted by molar-refractivity contribution is 6.44. The first-order chi connectivity index (χ1) is 5.29. The standard InChI is InChI=1S/C8H8Cl2O/c9-8(10)6-11-7-4-2-1-3-5-7/h1-5,8H,6H2. The van der Waals surface area contributed by atoms with E-state index in [1.807, 2.05) is 30.3 Å². The van der Waals surface area contributed by atoms with Crippen molar-refractivity contribution in [1.29, 1.82) is 0 Å². The lowest BCUT2D eigenvalue weighted by Crippen LogP contribution is -2.04. The van der Waals surface area contributed by atoms with Gasteiger partial charge in [0.1, 0.15) is 17.2 Å². The molecule has 0 radical (unpaired) electrons. The number of ether oxygens (including phenoxy) is 1. The van der Waals surface area contributed by atoms with E-state index in [4.69, 9.17) is 27.9 Å². The predicted molar refractivity (Wildman–Crippen MR) is 47.4 cm³/mol. The van der Waals surface area contributed by atoms with E-state index in [0.717, 1.165) is 5.75 Å². The summed E-state index contributed by atoms with van der Waals surface area (Å²) in [6.45, 7) is 0.327. The maximum absolute atomic E-state index is 5.47. The van der Waals surface area contributed by atoms with Gasteiger partial charge in [-0.3, -0.25) is 0 Å². The fraction of sp³-hybridized carbons (Fsp3) is 0.250. The van der Waals surface area contributed by atoms with E-state index in [1.54, 1.807) is 0 Å². The van der Waals surface area contributed by atoms with Gasteiger partial charge in [0.25, 0.3) is 0 Å². The van der Waals surface area contributed by atoms with E-state index < -0.39 is 4.84 Å². The number of alkyl halides is 2. The van der Waals surface area contributed by atoms with Crippen LogP contribution < -0.4 is 4.74 Å². The molecule has 1 nitrogen and oxygen atoms in total. The molecule has 1 aromatic rings. The summed E-state index contributed by atoms with van der Waals surface area (Å²) in [6.07, 6.45) is 0. The average molecular weight is 191 g/mol. The summed E-state index contributed by atoms with van der Waals surface area (Å²) in [5.74, 6) is 0.791. The van der Waals surface area contributed by atoms with Gasteiger partial charge in [-0.05, 0) is 12.1 Å². The van der Waals surface area contributed by atoms with Gasteiger partial charge < -0.3 is 4.74 Å². The van der Waals surface area contributed by atoms with E-state index in [1.165, 1.54) is 0 Å². The van der Waals surface area contributed by atoms with Gasteiger partial charge in [-0.15, -0.1) is 23.2 Å². The zero-order valence-corrected chi connectivity index (χ0v) is 7.35. The Labute approximate surface area is 75.9 Å². The summed E-state index contributed by atoms with van der Waals surface area (Å²) < 4.78 is 5.20. The number of hydrogen-bond donors (Lipinski definition) is 0. The number of para-hydroxylation sites is 1. The third-order valence-corrected chi connectivity index (χ3v) is 1.37. The minimum Gasteiger partial charge on any atom is -0.491 e. The topological polar surface area (TPSA) is 9.23 Å². The zero-order valence-electron chi connectivity index (χ0n) is 5.84. The number of hydrogen-bond acceptors (Lipinski definition) is 1. The van der Waals surface area contributed by atoms with E-state index in [0.29, 0.717) is 6.61 Å². The summed E-state index contributed by atoms with van der Waals surface area (Å²) in [5, 5.41) is 0. The van der Waals surface area contributed by atoms with Crippen molar-refractivity contribution in [2.24, 2.45) is 0 Å². The predicted octanol–water partition coefficient (Wildman–Crippen LogP) is 2.87. The van der Waals surface area contributed by atoms with Crippen LogP contribution in [0.4, 0.5) is 0 Å². The molecule has 0 saturated carbocycles. The highest BCUT2D eigenvalue weighted by Crippen LogP contribution is 2.10. The molecule has 0 spiro atoms. The van der Waals surface area contributed by atoms with Crippen LogP contribution in [0.1, 0.15) is 0 Å². The normalized spacial score (nSPS) is 10.1. The maximum Gasteiger partial charge on any atom is 0.141 e. The highest BCUT2D eigenvalue weighted by Gasteiger charge is 1.98. The van der Waals surface area contributed by atoms with Gasteiger partial charge >= 0.3 is 0 Å². The molecule has 0 aliphatic heterocycles. The van der Waals surface area contributed by atoms with Crippen LogP contribution in [0.5, 0.6) is 5.75 Å². The molecule has 0 aromatic heterocycles. The molecular formula is C8H8Cl2O. The summed E-state index contributed by atoms with van der Waals surface area (Å²) in [4.78, 5) is -0.463. The van der Waals surface area contributed by atoms with Crippen molar-refractivity contribution in [2.45, 2.75) is 4.84 Å². The second-order valence-electron chi connectivity index (χ2n) is 2.02. The molecule has 0 heterocycles. The maximum atomic E-state index is 5.47. The molecule has 0 aliphatic rings. The molecule has 3 heteroatoms. The molecule has 0 atom stereocenters. The molecule has 0 N–H and O–H groups in total. The molecule has 0 unspecified atom stereocenters. The molecule has 0 saturated heterocycles. The smallest absolute Gasteiger partial charge is 0.141 e. The summed E-state index contributed by atoms with van der Waals surface area (Å²) in [7, 11) is 0. The third-order valence-electron chi connectivity index (χ3n) is 1.12. The second-order valence-corrected chi connectivity index (χ2v) is 3.29. The van der Waals surface area contributed by atoms with E-state index >= 15 is 0 Å². The van der Waals surface area contributed by atoms with Crippen molar-refractivity contribution >= 4 is 23.2 Å². The number of benzene rings is 1. The fourth-order valence-electron chi connectivity index (χ4n) is 0.676. The molecule has 1 rings (SSSR count). The Morgan fingerprint density at radius 3 is 2.36 bits per heavy atom. The van der Waals surface area contributed by atoms with Crippen molar-refractivity contribution in [3.05, 3.63) is 30.3 Å². The van der Waals surface area contributed by atoms with Gasteiger partial charge in [0, 0.05) is 0 Å². The van der Waals surface area contributed by atoms with Crippen LogP contribution >= 0.6 is 23.2 Å². The Kier molecular flexibility index (Phi) is 3.53. The van der Waals surface area contributed by atoms with Crippen molar-refractivity contribution in [3.63, 3.8) is 0 Å². The van der Waals surface area contributed by atoms with Gasteiger partial charge in [0.2, 0.25) is 0 Å². The lowest BCUT2D eigenvalue weighted by molar-refractivity contribution is 0.334. The molecule has 11 heavy (non-hydrogen) atoms. The van der Waals surface area contributed by atoms with Crippen LogP contribution in [-0.2, 0) is 0 Å². The first-order valence-corrected chi connectivity index (χ1v) is 4.12. The SMILES string of the molecule is ClC(Cl)COc1ccccc1. The van der Waals surface area contributed by atoms with Gasteiger partial charge in [-0.2, -0.15) is 0 Å². The largest absolute Gasteiger partial charge is 0.491 e. The van der Waals surface area contributed by atoms with Crippen LogP contribution in [0, 0.1) is 0 Å². The van der Waals surface area contributed by atoms with Crippen molar-refractivity contribution in [2.75, 3.05) is 6.61 Å². The molecular weight excluding hydrogens is 183 g/mol. The molecule has 0 fully saturated rings. The highest BCUT2D eigenvalue weighted by atomic mass is 35.5. The quantitative estimate of drug-likeness (QED) is 0.667. The molecule has 0 bridgehead atoms. The van der Waals surface area contributed by atoms with Gasteiger partial charge in [0.15, 0.2) is 0 Å². The Balaban J connectivity index is 2.39. The van der Waals surface area contributed by atoms with Crippen LogP contribution in [0.2, 0.25) is 0 Å². The second kappa shape index (κ2) is 4.47. The summed E-state index contributed by atoms with van der Waals surface area (Å²) >= 11 is 10.9. The lowest BCUT2D eigenvalue weighted by atomic mass is 10.3. The van der Waals surface area contributed by atoms with Crippen LogP contribution in [-0.4, -0.2) is 11.4 Å². The lowest BCUT2D eigenvalue weighted by Gasteiger charge is -2.04. The van der Waals surface area contributed by atoms with Crippen LogP contribution in [0.15, 0.2) is 30.3 Å². The first kappa shape index (κ1) is 8.69. The summed E-state index contributed by atoms with van der Waals surface area (Å²) in [6, 6.07) is 9.43. The minimum absolute atomic E-state index is 0.327. The molecule has 60 valence electrons. The number of halogens is 2. The Hall–Kier alpha value is -0.400. The first-order valence-electron chi connectivity index (χ1n) is 3.25. The molecule has 0 aliphatic carbocycles. The minimum atomic E-state index is -0.463. The van der Waals surface area contributed by atoms with E-state index in [9.17, 15) is 0 Å². The van der Waals surface area contributed by atoms with Gasteiger partial charge in [-0.1, -0.05) is 18.2 Å². The monoisotopic (exact) mass is 190 g/mol. The van der Waals surface area contributed by atoms with Crippen molar-refractivity contribution in [3.8, 4) is 5.75 Å². The zero-order chi connectivity index (χ0) is 8.10. The molecule has 1 aromatic carbocycles. The summed E-state index contributed by atoms with van der Waals surface area (Å²) in [5.41, 5.74) is 0. The van der Waals surface area contributed by atoms with Crippen LogP contribution in [0.3, 0.4) is 0 Å². The van der Waals surface area contributed by atoms with Crippen LogP contribution in [0.25, 0.3) is 0 Å². The van der Waals surface area contributed by atoms with Crippen molar-refractivity contribution < 1.29 is 4.74 Å². The fourth-order valence-corrected chi connectivity index (χ4v) is 0.802. The Morgan fingerprint density at radius 2 is 1.82 bits per heavy atom. The average Bonchev–Trinajstić information content (AvgIpc) is 2.03. The van der Waals surface area contributed by atoms with E-state index in [-0.39, 0.29) is 0 Å². The van der Waals surface area contributed by atoms with Gasteiger partial charge in [-0.25, -0.2) is 0 Å². The Bertz CT molecular complexity index is 199. The molecule has 0 amide bonds. The van der Waals surface area contributed by atoms with Gasteiger partial charge in [0.05, 0.1) is 0 Å². The van der Waals surface area contributed by atoms with Crippen molar-refractivity contribution in [1.82, 2.24) is 0 Å². The Morgan fingerprint density at radius 1 is 1.18 bits per heavy atom. The van der Waals surface area contributed by atoms with E-state index in [2.05, 4.69) is 0 Å².